The molecule has 2 unspecified atom stereocenters. The van der Waals surface area contributed by atoms with E-state index in [0.29, 0.717) is 35.4 Å². The topological polar surface area (TPSA) is 128 Å². The van der Waals surface area contributed by atoms with Crippen LogP contribution in [0.1, 0.15) is 61.3 Å². The molecule has 0 radical (unpaired) electrons. The summed E-state index contributed by atoms with van der Waals surface area (Å²) in [7, 11) is 0. The van der Waals surface area contributed by atoms with E-state index in [1.54, 1.807) is 56.9 Å². The number of nitrogens with one attached hydrogen (secondary N) is 2. The minimum atomic E-state index is -0.905. The SMILES string of the molecule is Cc1cc(Oc2ccc(C(=O)N[C@H](C)C(=O)N3C(c4cccc(F)c4)CCC3C(C)(C)C#N)cc2)c(=O)[nH]n1. The number of amides is 2. The number of likely N-dealkylation sites (tertiary alicyclic amines) is 1. The molecule has 4 rings (SSSR count). The average Bonchev–Trinajstić information content (AvgIpc) is 3.37. The van der Waals surface area contributed by atoms with E-state index in [2.05, 4.69) is 21.6 Å². The standard InChI is InChI=1S/C29H30FN5O4/c1-17-14-24(27(37)34-33-17)39-22-10-8-19(9-11-22)26(36)32-18(2)28(38)35-23(20-6-5-7-21(30)15-20)12-13-25(35)29(3,4)16-31/h5-11,14-15,18,23,25H,12-13H2,1-4H3,(H,32,36)(H,34,37)/t18-,23?,25?/m1/s1. The van der Waals surface area contributed by atoms with Gasteiger partial charge in [-0.2, -0.15) is 10.4 Å². The first-order chi connectivity index (χ1) is 18.5. The molecule has 39 heavy (non-hydrogen) atoms. The van der Waals surface area contributed by atoms with Gasteiger partial charge in [-0.05, 0) is 82.5 Å². The molecule has 1 aliphatic heterocycles. The summed E-state index contributed by atoms with van der Waals surface area (Å²) in [6, 6.07) is 14.3. The number of halogens is 1. The maximum absolute atomic E-state index is 14.0. The first-order valence-electron chi connectivity index (χ1n) is 12.6. The molecule has 0 spiro atoms. The van der Waals surface area contributed by atoms with Crippen LogP contribution in [-0.2, 0) is 4.79 Å². The molecule has 0 bridgehead atoms. The second kappa shape index (κ2) is 11.1. The Morgan fingerprint density at radius 3 is 2.59 bits per heavy atom. The van der Waals surface area contributed by atoms with Crippen molar-refractivity contribution in [2.75, 3.05) is 0 Å². The number of benzene rings is 2. The van der Waals surface area contributed by atoms with Gasteiger partial charge in [-0.3, -0.25) is 14.4 Å². The summed E-state index contributed by atoms with van der Waals surface area (Å²) in [5.74, 6) is -0.802. The summed E-state index contributed by atoms with van der Waals surface area (Å²) < 4.78 is 19.6. The van der Waals surface area contributed by atoms with Gasteiger partial charge in [0.05, 0.1) is 29.3 Å². The van der Waals surface area contributed by atoms with Crippen LogP contribution >= 0.6 is 0 Å². The Kier molecular flexibility index (Phi) is 7.81. The molecule has 2 amide bonds. The minimum Gasteiger partial charge on any atom is -0.451 e. The van der Waals surface area contributed by atoms with Crippen molar-refractivity contribution in [3.63, 3.8) is 0 Å². The minimum absolute atomic E-state index is 0.0761. The van der Waals surface area contributed by atoms with Gasteiger partial charge >= 0.3 is 5.56 Å². The van der Waals surface area contributed by atoms with E-state index in [0.717, 1.165) is 0 Å². The monoisotopic (exact) mass is 531 g/mol. The number of nitriles is 1. The molecule has 1 aromatic heterocycles. The number of ether oxygens (including phenoxy) is 1. The van der Waals surface area contributed by atoms with Crippen LogP contribution in [0.25, 0.3) is 0 Å². The van der Waals surface area contributed by atoms with Crippen LogP contribution in [0.5, 0.6) is 11.5 Å². The molecular weight excluding hydrogens is 501 g/mol. The normalized spacial score (nSPS) is 17.8. The molecule has 10 heteroatoms. The van der Waals surface area contributed by atoms with E-state index in [4.69, 9.17) is 4.74 Å². The van der Waals surface area contributed by atoms with Crippen LogP contribution in [0, 0.1) is 29.5 Å². The zero-order valence-electron chi connectivity index (χ0n) is 22.2. The third-order valence-electron chi connectivity index (χ3n) is 6.95. The van der Waals surface area contributed by atoms with Gasteiger partial charge in [0.2, 0.25) is 5.91 Å². The van der Waals surface area contributed by atoms with Gasteiger partial charge in [-0.25, -0.2) is 9.49 Å². The summed E-state index contributed by atoms with van der Waals surface area (Å²) in [4.78, 5) is 40.2. The maximum atomic E-state index is 14.0. The lowest BCUT2D eigenvalue weighted by atomic mass is 9.84. The summed E-state index contributed by atoms with van der Waals surface area (Å²) >= 11 is 0. The highest BCUT2D eigenvalue weighted by Crippen LogP contribution is 2.43. The first-order valence-corrected chi connectivity index (χ1v) is 12.6. The summed E-state index contributed by atoms with van der Waals surface area (Å²) in [5.41, 5.74) is 0.200. The number of hydrogen-bond donors (Lipinski definition) is 2. The van der Waals surface area contributed by atoms with Crippen molar-refractivity contribution in [3.05, 3.63) is 87.6 Å². The number of aryl methyl sites for hydroxylation is 1. The Morgan fingerprint density at radius 2 is 1.92 bits per heavy atom. The number of carbonyl (C=O) groups excluding carboxylic acids is 2. The highest BCUT2D eigenvalue weighted by molar-refractivity contribution is 5.97. The Morgan fingerprint density at radius 1 is 1.21 bits per heavy atom. The number of nitrogens with zero attached hydrogens (tertiary/aromatic N) is 3. The lowest BCUT2D eigenvalue weighted by Gasteiger charge is -2.38. The van der Waals surface area contributed by atoms with Crippen LogP contribution in [0.2, 0.25) is 0 Å². The molecule has 202 valence electrons. The third-order valence-corrected chi connectivity index (χ3v) is 6.95. The molecule has 1 fully saturated rings. The van der Waals surface area contributed by atoms with Gasteiger partial charge in [0.15, 0.2) is 5.75 Å². The number of aromatic amines is 1. The predicted molar refractivity (Wildman–Crippen MR) is 141 cm³/mol. The van der Waals surface area contributed by atoms with Crippen LogP contribution in [-0.4, -0.2) is 39.0 Å². The highest BCUT2D eigenvalue weighted by atomic mass is 19.1. The van der Waals surface area contributed by atoms with Gasteiger partial charge in [0.25, 0.3) is 5.91 Å². The smallest absolute Gasteiger partial charge is 0.307 e. The van der Waals surface area contributed by atoms with Crippen molar-refractivity contribution in [2.45, 2.75) is 58.7 Å². The third kappa shape index (κ3) is 5.98. The fraction of sp³-hybridized carbons (Fsp3) is 0.345. The lowest BCUT2D eigenvalue weighted by Crippen LogP contribution is -2.52. The van der Waals surface area contributed by atoms with E-state index in [1.165, 1.54) is 30.3 Å². The molecule has 1 saturated heterocycles. The van der Waals surface area contributed by atoms with Crippen molar-refractivity contribution >= 4 is 11.8 Å². The van der Waals surface area contributed by atoms with Crippen LogP contribution in [0.3, 0.4) is 0 Å². The Bertz CT molecular complexity index is 1480. The van der Waals surface area contributed by atoms with Crippen molar-refractivity contribution in [3.8, 4) is 17.6 Å². The number of hydrogen-bond acceptors (Lipinski definition) is 6. The van der Waals surface area contributed by atoms with Gasteiger partial charge < -0.3 is 15.0 Å². The molecule has 3 atom stereocenters. The average molecular weight is 532 g/mol. The Balaban J connectivity index is 1.50. The molecule has 2 heterocycles. The predicted octanol–water partition coefficient (Wildman–Crippen LogP) is 4.41. The van der Waals surface area contributed by atoms with E-state index < -0.39 is 40.8 Å². The van der Waals surface area contributed by atoms with Gasteiger partial charge in [-0.1, -0.05) is 12.1 Å². The molecule has 2 aromatic carbocycles. The van der Waals surface area contributed by atoms with E-state index in [1.807, 2.05) is 0 Å². The number of carbonyl (C=O) groups is 2. The highest BCUT2D eigenvalue weighted by Gasteiger charge is 2.46. The van der Waals surface area contributed by atoms with Crippen molar-refractivity contribution in [1.29, 1.82) is 5.26 Å². The van der Waals surface area contributed by atoms with E-state index in [9.17, 15) is 24.0 Å². The second-order valence-corrected chi connectivity index (χ2v) is 10.3. The van der Waals surface area contributed by atoms with Gasteiger partial charge in [0.1, 0.15) is 17.6 Å². The van der Waals surface area contributed by atoms with Crippen LogP contribution in [0.15, 0.2) is 59.4 Å². The van der Waals surface area contributed by atoms with Crippen molar-refractivity contribution in [2.24, 2.45) is 5.41 Å². The largest absolute Gasteiger partial charge is 0.451 e. The zero-order chi connectivity index (χ0) is 28.3. The van der Waals surface area contributed by atoms with Gasteiger partial charge in [0, 0.05) is 11.6 Å². The van der Waals surface area contributed by atoms with E-state index in [-0.39, 0.29) is 11.7 Å². The Labute approximate surface area is 225 Å². The molecule has 1 aliphatic rings. The van der Waals surface area contributed by atoms with Crippen molar-refractivity contribution in [1.82, 2.24) is 20.4 Å². The number of rotatable bonds is 7. The lowest BCUT2D eigenvalue weighted by molar-refractivity contribution is -0.137. The molecule has 0 saturated carbocycles. The van der Waals surface area contributed by atoms with Crippen LogP contribution in [0.4, 0.5) is 4.39 Å². The summed E-state index contributed by atoms with van der Waals surface area (Å²) in [6.45, 7) is 6.86. The fourth-order valence-corrected chi connectivity index (χ4v) is 4.87. The molecule has 2 N–H and O–H groups in total. The number of H-pyrrole nitrogens is 1. The van der Waals surface area contributed by atoms with Gasteiger partial charge in [-0.15, -0.1) is 0 Å². The second-order valence-electron chi connectivity index (χ2n) is 10.3. The maximum Gasteiger partial charge on any atom is 0.307 e. The molecular formula is C29H30FN5O4. The summed E-state index contributed by atoms with van der Waals surface area (Å²) in [6.07, 6.45) is 1.16. The first kappa shape index (κ1) is 27.5. The molecule has 0 aliphatic carbocycles. The molecule has 3 aromatic rings. The van der Waals surface area contributed by atoms with E-state index >= 15 is 0 Å². The quantitative estimate of drug-likeness (QED) is 0.465. The fourth-order valence-electron chi connectivity index (χ4n) is 4.87. The van der Waals surface area contributed by atoms with Crippen molar-refractivity contribution < 1.29 is 18.7 Å². The van der Waals surface area contributed by atoms with Crippen LogP contribution < -0.4 is 15.6 Å². The Hall–Kier alpha value is -4.52. The summed E-state index contributed by atoms with van der Waals surface area (Å²) in [5, 5.41) is 18.7. The zero-order valence-corrected chi connectivity index (χ0v) is 22.2. The number of aromatic nitrogens is 2. The molecule has 9 nitrogen and oxygen atoms in total.